The third-order valence-corrected chi connectivity index (χ3v) is 5.58. The maximum Gasteiger partial charge on any atom is 0.0653 e. The van der Waals surface area contributed by atoms with E-state index in [1.54, 1.807) is 0 Å². The van der Waals surface area contributed by atoms with E-state index in [1.165, 1.54) is 38.5 Å². The zero-order valence-electron chi connectivity index (χ0n) is 18.7. The second-order valence-corrected chi connectivity index (χ2v) is 9.20. The van der Waals surface area contributed by atoms with Gasteiger partial charge in [-0.1, -0.05) is 121 Å². The second kappa shape index (κ2) is 14.4. The van der Waals surface area contributed by atoms with Crippen molar-refractivity contribution >= 4 is 7.85 Å². The van der Waals surface area contributed by atoms with Crippen LogP contribution in [0.5, 0.6) is 0 Å². The smallest absolute Gasteiger partial charge is 0.0653 e. The normalized spacial score (nSPS) is 12.0. The van der Waals surface area contributed by atoms with Gasteiger partial charge in [-0.3, -0.25) is 0 Å². The molecular weight excluding hydrogens is 275 g/mol. The van der Waals surface area contributed by atoms with Crippen molar-refractivity contribution in [2.45, 2.75) is 127 Å². The number of hydrogen-bond acceptors (Lipinski definition) is 0. The molecule has 0 aromatic rings. The van der Waals surface area contributed by atoms with Crippen LogP contribution in [0.1, 0.15) is 121 Å². The van der Waals surface area contributed by atoms with Gasteiger partial charge in [-0.15, -0.1) is 0 Å². The minimum Gasteiger partial charge on any atom is -0.0882 e. The molecule has 0 aliphatic heterocycles. The van der Waals surface area contributed by atoms with Crippen molar-refractivity contribution in [1.82, 2.24) is 0 Å². The van der Waals surface area contributed by atoms with Gasteiger partial charge in [0.1, 0.15) is 0 Å². The van der Waals surface area contributed by atoms with Crippen molar-refractivity contribution in [1.29, 1.82) is 0 Å². The Morgan fingerprint density at radius 1 is 0.522 bits per heavy atom. The van der Waals surface area contributed by atoms with Gasteiger partial charge in [-0.2, -0.15) is 0 Å². The Kier molecular flexibility index (Phi) is 17.5. The van der Waals surface area contributed by atoms with Crippen LogP contribution < -0.4 is 0 Å². The highest BCUT2D eigenvalue weighted by molar-refractivity contribution is 6.08. The van der Waals surface area contributed by atoms with Gasteiger partial charge in [0, 0.05) is 0 Å². The monoisotopic (exact) mass is 324 g/mol. The lowest BCUT2D eigenvalue weighted by atomic mass is 9.81. The molecule has 0 aromatic carbocycles. The van der Waals surface area contributed by atoms with Gasteiger partial charge in [0.25, 0.3) is 0 Å². The molecule has 0 N–H and O–H groups in total. The van der Waals surface area contributed by atoms with Crippen LogP contribution in [0.15, 0.2) is 0 Å². The van der Waals surface area contributed by atoms with Gasteiger partial charge in [0.2, 0.25) is 0 Å². The van der Waals surface area contributed by atoms with E-state index in [0.29, 0.717) is 16.2 Å². The molecule has 0 aliphatic carbocycles. The first-order valence-electron chi connectivity index (χ1n) is 10.1. The molecule has 0 amide bonds. The molecule has 0 saturated heterocycles. The third kappa shape index (κ3) is 22.1. The maximum atomic E-state index is 5.39. The third-order valence-electron chi connectivity index (χ3n) is 5.58. The summed E-state index contributed by atoms with van der Waals surface area (Å²) in [5, 5.41) is 0. The summed E-state index contributed by atoms with van der Waals surface area (Å²) in [5.74, 6) is 0. The predicted molar refractivity (Wildman–Crippen MR) is 113 cm³/mol. The van der Waals surface area contributed by atoms with E-state index in [4.69, 9.17) is 7.85 Å². The second-order valence-electron chi connectivity index (χ2n) is 9.20. The first-order chi connectivity index (χ1) is 10.4. The van der Waals surface area contributed by atoms with Crippen LogP contribution in [0.25, 0.3) is 0 Å². The highest BCUT2D eigenvalue weighted by Gasteiger charge is 2.12. The fourth-order valence-corrected chi connectivity index (χ4v) is 1.67. The fraction of sp³-hybridized carbons (Fsp3) is 1.00. The van der Waals surface area contributed by atoms with Gasteiger partial charge in [0.05, 0.1) is 7.85 Å². The highest BCUT2D eigenvalue weighted by Crippen LogP contribution is 2.26. The molecular formula is C22H49B. The van der Waals surface area contributed by atoms with Crippen LogP contribution in [-0.4, -0.2) is 7.85 Å². The van der Waals surface area contributed by atoms with Crippen LogP contribution >= 0.6 is 0 Å². The fourth-order valence-electron chi connectivity index (χ4n) is 1.67. The predicted octanol–water partition coefficient (Wildman–Crippen LogP) is 8.45. The Morgan fingerprint density at radius 2 is 0.826 bits per heavy atom. The molecule has 1 heteroatoms. The molecule has 0 heterocycles. The SMILES string of the molecule is CCC(C)(C)CC.CCCC(C)(C)CC.[B]CCC(C)(C)CC. The minimum atomic E-state index is 0.467. The topological polar surface area (TPSA) is 0 Å². The average Bonchev–Trinajstić information content (AvgIpc) is 2.48. The van der Waals surface area contributed by atoms with Crippen LogP contribution in [0, 0.1) is 16.2 Å². The van der Waals surface area contributed by atoms with Crippen LogP contribution in [-0.2, 0) is 0 Å². The van der Waals surface area contributed by atoms with Crippen LogP contribution in [0.4, 0.5) is 0 Å². The molecule has 0 spiro atoms. The van der Waals surface area contributed by atoms with Gasteiger partial charge in [0.15, 0.2) is 0 Å². The molecule has 0 unspecified atom stereocenters. The first-order valence-corrected chi connectivity index (χ1v) is 10.1. The Hall–Kier alpha value is 0.0649. The molecule has 0 aliphatic rings. The summed E-state index contributed by atoms with van der Waals surface area (Å²) in [7, 11) is 5.39. The standard InChI is InChI=1S/C8H18.C7H15B.C7H16/c1-5-7-8(3,4)6-2;1-4-7(2,3)5-6-8;1-5-7(3,4)6-2/h5-7H2,1-4H3;4-6H2,1-3H3;5-6H2,1-4H3. The molecule has 0 fully saturated rings. The number of rotatable bonds is 8. The quantitative estimate of drug-likeness (QED) is 0.393. The zero-order valence-corrected chi connectivity index (χ0v) is 18.7. The molecule has 0 rings (SSSR count). The largest absolute Gasteiger partial charge is 0.0882 e. The lowest BCUT2D eigenvalue weighted by Crippen LogP contribution is -2.08. The summed E-state index contributed by atoms with van der Waals surface area (Å²) >= 11 is 0. The maximum absolute atomic E-state index is 5.39. The van der Waals surface area contributed by atoms with Crippen molar-refractivity contribution in [2.75, 3.05) is 0 Å². The van der Waals surface area contributed by atoms with E-state index in [-0.39, 0.29) is 0 Å². The minimum absolute atomic E-state index is 0.467. The van der Waals surface area contributed by atoms with Crippen molar-refractivity contribution in [2.24, 2.45) is 16.2 Å². The Labute approximate surface area is 152 Å². The highest BCUT2D eigenvalue weighted by atomic mass is 14.2. The van der Waals surface area contributed by atoms with E-state index < -0.39 is 0 Å². The summed E-state index contributed by atoms with van der Waals surface area (Å²) in [6.07, 6.45) is 9.77. The van der Waals surface area contributed by atoms with E-state index >= 15 is 0 Å². The first kappa shape index (κ1) is 27.9. The van der Waals surface area contributed by atoms with Crippen LogP contribution in [0.2, 0.25) is 6.32 Å². The van der Waals surface area contributed by atoms with E-state index in [1.807, 2.05) is 0 Å². The Balaban J connectivity index is -0.000000262. The van der Waals surface area contributed by atoms with Gasteiger partial charge < -0.3 is 0 Å². The lowest BCUT2D eigenvalue weighted by Gasteiger charge is -2.20. The van der Waals surface area contributed by atoms with Gasteiger partial charge in [-0.05, 0) is 22.7 Å². The Bertz CT molecular complexity index is 214. The summed E-state index contributed by atoms with van der Waals surface area (Å²) < 4.78 is 0. The molecule has 0 bridgehead atoms. The van der Waals surface area contributed by atoms with Crippen molar-refractivity contribution in [3.63, 3.8) is 0 Å². The van der Waals surface area contributed by atoms with Crippen LogP contribution in [0.3, 0.4) is 0 Å². The zero-order chi connectivity index (χ0) is 19.2. The van der Waals surface area contributed by atoms with Gasteiger partial charge >= 0.3 is 0 Å². The molecule has 23 heavy (non-hydrogen) atoms. The lowest BCUT2D eigenvalue weighted by molar-refractivity contribution is 0.319. The molecule has 0 atom stereocenters. The molecule has 0 aromatic heterocycles. The Morgan fingerprint density at radius 3 is 0.913 bits per heavy atom. The summed E-state index contributed by atoms with van der Waals surface area (Å²) in [6.45, 7) is 24.9. The summed E-state index contributed by atoms with van der Waals surface area (Å²) in [5.41, 5.74) is 1.64. The summed E-state index contributed by atoms with van der Waals surface area (Å²) in [4.78, 5) is 0. The van der Waals surface area contributed by atoms with E-state index in [9.17, 15) is 0 Å². The molecule has 140 valence electrons. The van der Waals surface area contributed by atoms with Crippen molar-refractivity contribution < 1.29 is 0 Å². The molecule has 2 radical (unpaired) electrons. The van der Waals surface area contributed by atoms with Crippen molar-refractivity contribution in [3.05, 3.63) is 0 Å². The molecule has 0 nitrogen and oxygen atoms in total. The van der Waals surface area contributed by atoms with Crippen molar-refractivity contribution in [3.8, 4) is 0 Å². The molecule has 0 saturated carbocycles. The van der Waals surface area contributed by atoms with E-state index in [2.05, 4.69) is 76.2 Å². The average molecular weight is 324 g/mol. The number of hydrogen-bond donors (Lipinski definition) is 0. The van der Waals surface area contributed by atoms with Gasteiger partial charge in [-0.25, -0.2) is 0 Å². The summed E-state index contributed by atoms with van der Waals surface area (Å²) in [6, 6.07) is 0. The van der Waals surface area contributed by atoms with E-state index in [0.717, 1.165) is 12.7 Å².